The average molecular weight is 243 g/mol. The highest BCUT2D eigenvalue weighted by Crippen LogP contribution is 2.18. The molecule has 1 aromatic carbocycles. The van der Waals surface area contributed by atoms with Gasteiger partial charge in [0, 0.05) is 36.8 Å². The normalized spacial score (nSPS) is 10.1. The zero-order valence-corrected chi connectivity index (χ0v) is 9.96. The summed E-state index contributed by atoms with van der Waals surface area (Å²) in [6.07, 6.45) is 3.53. The van der Waals surface area contributed by atoms with E-state index in [-0.39, 0.29) is 5.69 Å². The lowest BCUT2D eigenvalue weighted by atomic mass is 10.1. The zero-order valence-electron chi connectivity index (χ0n) is 9.96. The maximum atomic E-state index is 10.7. The van der Waals surface area contributed by atoms with Gasteiger partial charge in [0.25, 0.3) is 5.69 Å². The molecule has 5 nitrogen and oxygen atoms in total. The van der Waals surface area contributed by atoms with Gasteiger partial charge in [0.1, 0.15) is 0 Å². The van der Waals surface area contributed by atoms with Gasteiger partial charge >= 0.3 is 0 Å². The van der Waals surface area contributed by atoms with Crippen molar-refractivity contribution in [2.24, 2.45) is 0 Å². The van der Waals surface area contributed by atoms with Gasteiger partial charge in [-0.25, -0.2) is 0 Å². The van der Waals surface area contributed by atoms with Gasteiger partial charge < -0.3 is 5.32 Å². The predicted octanol–water partition coefficient (Wildman–Crippen LogP) is 2.91. The molecule has 2 rings (SSSR count). The Labute approximate surface area is 105 Å². The monoisotopic (exact) mass is 243 g/mol. The van der Waals surface area contributed by atoms with Crippen LogP contribution in [0.2, 0.25) is 0 Å². The maximum absolute atomic E-state index is 10.7. The van der Waals surface area contributed by atoms with E-state index in [0.717, 1.165) is 16.8 Å². The molecule has 0 aliphatic rings. The molecule has 18 heavy (non-hydrogen) atoms. The van der Waals surface area contributed by atoms with E-state index in [9.17, 15) is 10.1 Å². The summed E-state index contributed by atoms with van der Waals surface area (Å²) in [5.41, 5.74) is 3.04. The smallest absolute Gasteiger partial charge is 0.271 e. The van der Waals surface area contributed by atoms with Crippen molar-refractivity contribution < 1.29 is 4.92 Å². The molecule has 0 aliphatic carbocycles. The number of aryl methyl sites for hydroxylation is 1. The first kappa shape index (κ1) is 12.0. The molecule has 0 saturated carbocycles. The highest BCUT2D eigenvalue weighted by Gasteiger charge is 2.05. The summed E-state index contributed by atoms with van der Waals surface area (Å²) in [6, 6.07) is 8.41. The van der Waals surface area contributed by atoms with Crippen molar-refractivity contribution >= 4 is 11.4 Å². The molecule has 0 radical (unpaired) electrons. The number of hydrogen-bond acceptors (Lipinski definition) is 4. The molecular formula is C13H13N3O2. The van der Waals surface area contributed by atoms with Crippen molar-refractivity contribution in [3.63, 3.8) is 0 Å². The second-order valence-corrected chi connectivity index (χ2v) is 3.96. The molecule has 0 unspecified atom stereocenters. The Morgan fingerprint density at radius 3 is 2.94 bits per heavy atom. The van der Waals surface area contributed by atoms with Crippen LogP contribution in [0.3, 0.4) is 0 Å². The van der Waals surface area contributed by atoms with Crippen LogP contribution in [0.5, 0.6) is 0 Å². The number of anilines is 1. The van der Waals surface area contributed by atoms with Crippen LogP contribution in [0.4, 0.5) is 11.4 Å². The largest absolute Gasteiger partial charge is 0.381 e. The van der Waals surface area contributed by atoms with E-state index in [1.807, 2.05) is 19.1 Å². The molecule has 1 N–H and O–H groups in total. The Bertz CT molecular complexity index is 570. The molecule has 2 aromatic rings. The van der Waals surface area contributed by atoms with Gasteiger partial charge in [-0.15, -0.1) is 0 Å². The summed E-state index contributed by atoms with van der Waals surface area (Å²) in [6.45, 7) is 2.60. The maximum Gasteiger partial charge on any atom is 0.271 e. The molecule has 1 heterocycles. The zero-order chi connectivity index (χ0) is 13.0. The van der Waals surface area contributed by atoms with Crippen LogP contribution in [0.15, 0.2) is 42.7 Å². The van der Waals surface area contributed by atoms with Crippen molar-refractivity contribution in [1.29, 1.82) is 0 Å². The SMILES string of the molecule is Cc1cnccc1CNc1cccc([N+](=O)[O-])c1. The first-order chi connectivity index (χ1) is 8.66. The van der Waals surface area contributed by atoms with Gasteiger partial charge in [-0.2, -0.15) is 0 Å². The lowest BCUT2D eigenvalue weighted by molar-refractivity contribution is -0.384. The molecule has 0 fully saturated rings. The second-order valence-electron chi connectivity index (χ2n) is 3.96. The molecule has 92 valence electrons. The second kappa shape index (κ2) is 5.27. The summed E-state index contributed by atoms with van der Waals surface area (Å²) >= 11 is 0. The number of nitrogens with one attached hydrogen (secondary N) is 1. The van der Waals surface area contributed by atoms with Gasteiger partial charge in [-0.05, 0) is 30.2 Å². The van der Waals surface area contributed by atoms with E-state index in [0.29, 0.717) is 6.54 Å². The van der Waals surface area contributed by atoms with Crippen LogP contribution >= 0.6 is 0 Å². The Morgan fingerprint density at radius 1 is 1.39 bits per heavy atom. The lowest BCUT2D eigenvalue weighted by Gasteiger charge is -2.08. The lowest BCUT2D eigenvalue weighted by Crippen LogP contribution is -2.02. The Balaban J connectivity index is 2.09. The van der Waals surface area contributed by atoms with E-state index in [4.69, 9.17) is 0 Å². The van der Waals surface area contributed by atoms with Gasteiger partial charge in [-0.3, -0.25) is 15.1 Å². The van der Waals surface area contributed by atoms with Gasteiger partial charge in [0.15, 0.2) is 0 Å². The molecule has 0 amide bonds. The summed E-state index contributed by atoms with van der Waals surface area (Å²) in [4.78, 5) is 14.3. The molecule has 1 aromatic heterocycles. The fraction of sp³-hybridized carbons (Fsp3) is 0.154. The van der Waals surface area contributed by atoms with E-state index >= 15 is 0 Å². The van der Waals surface area contributed by atoms with Gasteiger partial charge in [-0.1, -0.05) is 6.07 Å². The molecular weight excluding hydrogens is 230 g/mol. The third-order valence-electron chi connectivity index (χ3n) is 2.68. The van der Waals surface area contributed by atoms with Crippen LogP contribution in [0, 0.1) is 17.0 Å². The van der Waals surface area contributed by atoms with E-state index in [1.165, 1.54) is 12.1 Å². The quantitative estimate of drug-likeness (QED) is 0.662. The van der Waals surface area contributed by atoms with Crippen molar-refractivity contribution in [3.8, 4) is 0 Å². The Morgan fingerprint density at radius 2 is 2.22 bits per heavy atom. The van der Waals surface area contributed by atoms with Crippen LogP contribution in [0.25, 0.3) is 0 Å². The number of pyridine rings is 1. The molecule has 5 heteroatoms. The van der Waals surface area contributed by atoms with Crippen molar-refractivity contribution in [2.75, 3.05) is 5.32 Å². The molecule has 0 saturated heterocycles. The number of non-ortho nitro benzene ring substituents is 1. The minimum Gasteiger partial charge on any atom is -0.381 e. The van der Waals surface area contributed by atoms with Crippen molar-refractivity contribution in [1.82, 2.24) is 4.98 Å². The highest BCUT2D eigenvalue weighted by atomic mass is 16.6. The van der Waals surface area contributed by atoms with Crippen LogP contribution in [-0.4, -0.2) is 9.91 Å². The minimum atomic E-state index is -0.400. The number of benzene rings is 1. The van der Waals surface area contributed by atoms with E-state index in [2.05, 4.69) is 10.3 Å². The summed E-state index contributed by atoms with van der Waals surface area (Å²) in [7, 11) is 0. The molecule has 0 atom stereocenters. The van der Waals surface area contributed by atoms with E-state index < -0.39 is 4.92 Å². The standard InChI is InChI=1S/C13H13N3O2/c1-10-8-14-6-5-11(10)9-15-12-3-2-4-13(7-12)16(17)18/h2-8,15H,9H2,1H3. The third kappa shape index (κ3) is 2.82. The number of nitrogens with zero attached hydrogens (tertiary/aromatic N) is 2. The number of rotatable bonds is 4. The number of aromatic nitrogens is 1. The average Bonchev–Trinajstić information content (AvgIpc) is 2.38. The number of nitro groups is 1. The van der Waals surface area contributed by atoms with Crippen LogP contribution in [-0.2, 0) is 6.54 Å². The minimum absolute atomic E-state index is 0.0893. The van der Waals surface area contributed by atoms with Crippen molar-refractivity contribution in [3.05, 3.63) is 64.0 Å². The first-order valence-corrected chi connectivity index (χ1v) is 5.54. The fourth-order valence-electron chi connectivity index (χ4n) is 1.63. The summed E-state index contributed by atoms with van der Waals surface area (Å²) < 4.78 is 0. The van der Waals surface area contributed by atoms with Gasteiger partial charge in [0.2, 0.25) is 0 Å². The Kier molecular flexibility index (Phi) is 3.52. The molecule has 0 aliphatic heterocycles. The fourth-order valence-corrected chi connectivity index (χ4v) is 1.63. The third-order valence-corrected chi connectivity index (χ3v) is 2.68. The van der Waals surface area contributed by atoms with Crippen molar-refractivity contribution in [2.45, 2.75) is 13.5 Å². The summed E-state index contributed by atoms with van der Waals surface area (Å²) in [5.74, 6) is 0. The number of hydrogen-bond donors (Lipinski definition) is 1. The number of nitro benzene ring substituents is 1. The van der Waals surface area contributed by atoms with Crippen LogP contribution in [0.1, 0.15) is 11.1 Å². The first-order valence-electron chi connectivity index (χ1n) is 5.54. The predicted molar refractivity (Wildman–Crippen MR) is 69.4 cm³/mol. The summed E-state index contributed by atoms with van der Waals surface area (Å²) in [5, 5.41) is 13.8. The topological polar surface area (TPSA) is 68.1 Å². The molecule has 0 bridgehead atoms. The van der Waals surface area contributed by atoms with Crippen LogP contribution < -0.4 is 5.32 Å². The molecule has 0 spiro atoms. The van der Waals surface area contributed by atoms with Gasteiger partial charge in [0.05, 0.1) is 4.92 Å². The van der Waals surface area contributed by atoms with E-state index in [1.54, 1.807) is 18.5 Å². The Hall–Kier alpha value is -2.43. The highest BCUT2D eigenvalue weighted by molar-refractivity contribution is 5.51.